The van der Waals surface area contributed by atoms with Gasteiger partial charge in [-0.25, -0.2) is 0 Å². The van der Waals surface area contributed by atoms with Gasteiger partial charge in [-0.1, -0.05) is 0 Å². The van der Waals surface area contributed by atoms with Crippen LogP contribution in [0.1, 0.15) is 0 Å². The van der Waals surface area contributed by atoms with Crippen molar-refractivity contribution in [1.82, 2.24) is 15.0 Å². The molecule has 2 rings (SSSR count). The molecular weight excluding hydrogens is 150 g/mol. The van der Waals surface area contributed by atoms with Crippen LogP contribution in [-0.2, 0) is 0 Å². The van der Waals surface area contributed by atoms with Crippen LogP contribution in [0.2, 0.25) is 0 Å². The molecule has 12 heavy (non-hydrogen) atoms. The maximum absolute atomic E-state index is 3.75. The van der Waals surface area contributed by atoms with Gasteiger partial charge in [0.2, 0.25) is 0 Å². The average molecular weight is 157 g/mol. The fourth-order valence-corrected chi connectivity index (χ4v) is 0.502. The number of pyridine rings is 1. The molecule has 0 aliphatic rings. The third kappa shape index (κ3) is 4.11. The quantitative estimate of drug-likeness (QED) is 0.576. The number of rotatable bonds is 0. The van der Waals surface area contributed by atoms with E-state index in [0.717, 1.165) is 0 Å². The summed E-state index contributed by atoms with van der Waals surface area (Å²) >= 11 is 0. The highest BCUT2D eigenvalue weighted by atomic mass is 14.7. The van der Waals surface area contributed by atoms with Crippen LogP contribution in [0.25, 0.3) is 0 Å². The molecular formula is C9H7N3. The zero-order valence-corrected chi connectivity index (χ0v) is 6.38. The Morgan fingerprint density at radius 3 is 1.83 bits per heavy atom. The van der Waals surface area contributed by atoms with Crippen molar-refractivity contribution in [3.8, 4) is 0 Å². The third-order valence-electron chi connectivity index (χ3n) is 0.948. The highest BCUT2D eigenvalue weighted by Gasteiger charge is 1.60. The van der Waals surface area contributed by atoms with Crippen molar-refractivity contribution in [2.75, 3.05) is 0 Å². The first kappa shape index (κ1) is 8.33. The first-order chi connectivity index (χ1) is 6.00. The van der Waals surface area contributed by atoms with Gasteiger partial charge in [0, 0.05) is 24.8 Å². The van der Waals surface area contributed by atoms with Gasteiger partial charge in [0.05, 0.1) is 6.20 Å². The van der Waals surface area contributed by atoms with E-state index in [0.29, 0.717) is 0 Å². The average Bonchev–Trinajstić information content (AvgIpc) is 2.24. The summed E-state index contributed by atoms with van der Waals surface area (Å²) in [7, 11) is 0. The van der Waals surface area contributed by atoms with Gasteiger partial charge in [0.25, 0.3) is 0 Å². The highest BCUT2D eigenvalue weighted by molar-refractivity contribution is 4.85. The summed E-state index contributed by atoms with van der Waals surface area (Å²) in [6, 6.07) is 6.36. The largest absolute Gasteiger partial charge is 0.265 e. The second-order valence-electron chi connectivity index (χ2n) is 1.78. The maximum atomic E-state index is 3.75. The normalized spacial score (nSPS) is 8.00. The second-order valence-corrected chi connectivity index (χ2v) is 1.78. The van der Waals surface area contributed by atoms with Gasteiger partial charge < -0.3 is 0 Å². The first-order valence-corrected chi connectivity index (χ1v) is 3.38. The molecule has 2 heterocycles. The van der Waals surface area contributed by atoms with Crippen LogP contribution in [0.15, 0.2) is 43.1 Å². The Balaban J connectivity index is 0.000000120. The molecule has 0 aromatic carbocycles. The van der Waals surface area contributed by atoms with Gasteiger partial charge in [0.1, 0.15) is 6.20 Å². The van der Waals surface area contributed by atoms with E-state index in [1.54, 1.807) is 36.9 Å². The van der Waals surface area contributed by atoms with Crippen LogP contribution in [0.4, 0.5) is 0 Å². The summed E-state index contributed by atoms with van der Waals surface area (Å²) in [5.74, 6) is 0. The Kier molecular flexibility index (Phi) is 4.15. The topological polar surface area (TPSA) is 38.7 Å². The molecule has 0 saturated heterocycles. The van der Waals surface area contributed by atoms with E-state index in [-0.39, 0.29) is 0 Å². The molecule has 58 valence electrons. The fourth-order valence-electron chi connectivity index (χ4n) is 0.502. The molecule has 0 atom stereocenters. The lowest BCUT2D eigenvalue weighted by atomic mass is 10.5. The van der Waals surface area contributed by atoms with E-state index >= 15 is 0 Å². The predicted octanol–water partition coefficient (Wildman–Crippen LogP) is 1.16. The Morgan fingerprint density at radius 1 is 0.833 bits per heavy atom. The number of aromatic nitrogens is 3. The molecule has 0 bridgehead atoms. The summed E-state index contributed by atoms with van der Waals surface area (Å²) in [5, 5.41) is 0. The standard InChI is InChI=1S/C5H4N.C4H3N2/c1-2-4-6-5-3-1;1-2-6-4-3-5-1/h2-5H;1-3H. The van der Waals surface area contributed by atoms with E-state index in [1.807, 2.05) is 0 Å². The molecule has 3 nitrogen and oxygen atoms in total. The van der Waals surface area contributed by atoms with Crippen molar-refractivity contribution >= 4 is 0 Å². The monoisotopic (exact) mass is 157 g/mol. The minimum Gasteiger partial charge on any atom is -0.265 e. The Hall–Kier alpha value is -1.77. The summed E-state index contributed by atoms with van der Waals surface area (Å²) in [5.41, 5.74) is 0. The van der Waals surface area contributed by atoms with Gasteiger partial charge in [0.15, 0.2) is 0 Å². The lowest BCUT2D eigenvalue weighted by molar-refractivity contribution is 1.19. The molecule has 0 N–H and O–H groups in total. The van der Waals surface area contributed by atoms with Gasteiger partial charge in [-0.2, -0.15) is 0 Å². The van der Waals surface area contributed by atoms with Crippen LogP contribution in [0, 0.1) is 12.3 Å². The van der Waals surface area contributed by atoms with Gasteiger partial charge in [-0.05, 0) is 18.2 Å². The number of hydrogen-bond donors (Lipinski definition) is 0. The second kappa shape index (κ2) is 5.97. The van der Waals surface area contributed by atoms with Crippen molar-refractivity contribution < 1.29 is 0 Å². The molecule has 2 aromatic rings. The van der Waals surface area contributed by atoms with E-state index < -0.39 is 0 Å². The van der Waals surface area contributed by atoms with Crippen LogP contribution in [0.5, 0.6) is 0 Å². The van der Waals surface area contributed by atoms with Crippen molar-refractivity contribution in [2.45, 2.75) is 0 Å². The molecule has 0 fully saturated rings. The minimum absolute atomic E-state index is 1.51. The van der Waals surface area contributed by atoms with Crippen LogP contribution < -0.4 is 0 Å². The molecule has 2 radical (unpaired) electrons. The van der Waals surface area contributed by atoms with Crippen molar-refractivity contribution in [1.29, 1.82) is 0 Å². The zero-order chi connectivity index (χ0) is 8.49. The molecule has 0 spiro atoms. The van der Waals surface area contributed by atoms with Crippen molar-refractivity contribution in [3.63, 3.8) is 0 Å². The van der Waals surface area contributed by atoms with Crippen molar-refractivity contribution in [3.05, 3.63) is 55.4 Å². The summed E-state index contributed by atoms with van der Waals surface area (Å²) in [6.45, 7) is 0. The number of nitrogens with zero attached hydrogens (tertiary/aromatic N) is 3. The summed E-state index contributed by atoms with van der Waals surface area (Å²) in [4.78, 5) is 11.0. The molecule has 0 aliphatic heterocycles. The zero-order valence-electron chi connectivity index (χ0n) is 6.38. The Labute approximate surface area is 71.2 Å². The maximum Gasteiger partial charge on any atom is 0.108 e. The molecule has 0 saturated carbocycles. The van der Waals surface area contributed by atoms with E-state index in [4.69, 9.17) is 0 Å². The molecule has 0 amide bonds. The predicted molar refractivity (Wildman–Crippen MR) is 43.9 cm³/mol. The lowest BCUT2D eigenvalue weighted by Crippen LogP contribution is -1.67. The van der Waals surface area contributed by atoms with Gasteiger partial charge in [-0.15, -0.1) is 0 Å². The molecule has 2 aromatic heterocycles. The third-order valence-corrected chi connectivity index (χ3v) is 0.948. The molecule has 0 unspecified atom stereocenters. The van der Waals surface area contributed by atoms with E-state index in [1.165, 1.54) is 6.20 Å². The van der Waals surface area contributed by atoms with Crippen LogP contribution >= 0.6 is 0 Å². The summed E-state index contributed by atoms with van der Waals surface area (Å²) in [6.07, 6.45) is 10.6. The van der Waals surface area contributed by atoms with E-state index in [2.05, 4.69) is 27.2 Å². The Morgan fingerprint density at radius 2 is 1.67 bits per heavy atom. The fraction of sp³-hybridized carbons (Fsp3) is 0. The van der Waals surface area contributed by atoms with Crippen LogP contribution in [0.3, 0.4) is 0 Å². The first-order valence-electron chi connectivity index (χ1n) is 3.38. The summed E-state index contributed by atoms with van der Waals surface area (Å²) < 4.78 is 0. The van der Waals surface area contributed by atoms with Crippen LogP contribution in [-0.4, -0.2) is 15.0 Å². The molecule has 3 heteroatoms. The van der Waals surface area contributed by atoms with Gasteiger partial charge >= 0.3 is 0 Å². The van der Waals surface area contributed by atoms with Crippen molar-refractivity contribution in [2.24, 2.45) is 0 Å². The van der Waals surface area contributed by atoms with E-state index in [9.17, 15) is 0 Å². The molecule has 0 aliphatic carbocycles. The smallest absolute Gasteiger partial charge is 0.108 e. The van der Waals surface area contributed by atoms with Gasteiger partial charge in [-0.3, -0.25) is 15.0 Å². The number of hydrogen-bond acceptors (Lipinski definition) is 3. The highest BCUT2D eigenvalue weighted by Crippen LogP contribution is 1.72. The lowest BCUT2D eigenvalue weighted by Gasteiger charge is -1.69. The Bertz CT molecular complexity index is 185. The minimum atomic E-state index is 1.51. The SMILES string of the molecule is [c]1ccncc1.[c]1cnccn1.